The Morgan fingerprint density at radius 3 is 2.50 bits per heavy atom. The van der Waals surface area contributed by atoms with Gasteiger partial charge in [-0.05, 0) is 48.9 Å². The Bertz CT molecular complexity index is 781. The second kappa shape index (κ2) is 9.33. The van der Waals surface area contributed by atoms with Crippen molar-refractivity contribution in [2.24, 2.45) is 0 Å². The van der Waals surface area contributed by atoms with E-state index in [1.54, 1.807) is 31.3 Å². The molecule has 0 unspecified atom stereocenters. The molecule has 0 saturated heterocycles. The lowest BCUT2D eigenvalue weighted by atomic mass is 10.2. The molecule has 0 aliphatic heterocycles. The number of benzene rings is 2. The Balaban J connectivity index is 1.97. The van der Waals surface area contributed by atoms with Gasteiger partial charge in [-0.3, -0.25) is 9.59 Å². The fourth-order valence-electron chi connectivity index (χ4n) is 2.25. The fraction of sp³-hybridized carbons (Fsp3) is 0.263. The molecule has 2 rings (SSSR count). The highest BCUT2D eigenvalue weighted by molar-refractivity contribution is 9.10. The molecule has 0 bridgehead atoms. The van der Waals surface area contributed by atoms with E-state index < -0.39 is 5.82 Å². The minimum absolute atomic E-state index is 0.0529. The van der Waals surface area contributed by atoms with Crippen LogP contribution in [0.15, 0.2) is 46.9 Å². The largest absolute Gasteiger partial charge is 0.454 e. The van der Waals surface area contributed by atoms with Crippen LogP contribution >= 0.6 is 15.9 Å². The maximum absolute atomic E-state index is 14.3. The second-order valence-corrected chi connectivity index (χ2v) is 6.68. The number of hydrogen-bond donors (Lipinski definition) is 1. The van der Waals surface area contributed by atoms with Gasteiger partial charge in [0.1, 0.15) is 5.75 Å². The number of nitrogens with one attached hydrogen (secondary N) is 1. The number of carbonyl (C=O) groups is 2. The van der Waals surface area contributed by atoms with Crippen molar-refractivity contribution < 1.29 is 18.7 Å². The molecule has 0 atom stereocenters. The summed E-state index contributed by atoms with van der Waals surface area (Å²) in [4.78, 5) is 24.7. The van der Waals surface area contributed by atoms with Gasteiger partial charge in [0.05, 0.1) is 0 Å². The number of nitrogens with zero attached hydrogens (tertiary/aromatic N) is 1. The first-order chi connectivity index (χ1) is 12.4. The molecule has 26 heavy (non-hydrogen) atoms. The third-order valence-corrected chi connectivity index (χ3v) is 4.14. The SMILES string of the molecule is CC(=O)NCCCN(C)C(=O)c1ccc(Oc2ccc(Br)cc2)c(F)c1. The minimum atomic E-state index is -0.606. The first-order valence-corrected chi connectivity index (χ1v) is 8.89. The molecule has 5 nitrogen and oxygen atoms in total. The minimum Gasteiger partial charge on any atom is -0.454 e. The fourth-order valence-corrected chi connectivity index (χ4v) is 2.51. The lowest BCUT2D eigenvalue weighted by Crippen LogP contribution is -2.30. The lowest BCUT2D eigenvalue weighted by molar-refractivity contribution is -0.118. The van der Waals surface area contributed by atoms with Gasteiger partial charge in [-0.2, -0.15) is 0 Å². The lowest BCUT2D eigenvalue weighted by Gasteiger charge is -2.17. The van der Waals surface area contributed by atoms with Crippen molar-refractivity contribution in [2.45, 2.75) is 13.3 Å². The summed E-state index contributed by atoms with van der Waals surface area (Å²) in [6.45, 7) is 2.38. The zero-order chi connectivity index (χ0) is 19.1. The van der Waals surface area contributed by atoms with Crippen LogP contribution in [0.25, 0.3) is 0 Å². The molecule has 2 amide bonds. The Labute approximate surface area is 160 Å². The van der Waals surface area contributed by atoms with Crippen LogP contribution in [0.5, 0.6) is 11.5 Å². The zero-order valence-corrected chi connectivity index (χ0v) is 16.2. The van der Waals surface area contributed by atoms with Crippen molar-refractivity contribution in [3.05, 3.63) is 58.3 Å². The van der Waals surface area contributed by atoms with Gasteiger partial charge in [0.25, 0.3) is 5.91 Å². The topological polar surface area (TPSA) is 58.6 Å². The Kier molecular flexibility index (Phi) is 7.15. The van der Waals surface area contributed by atoms with E-state index in [2.05, 4.69) is 21.2 Å². The van der Waals surface area contributed by atoms with Crippen LogP contribution in [-0.2, 0) is 4.79 Å². The second-order valence-electron chi connectivity index (χ2n) is 5.76. The summed E-state index contributed by atoms with van der Waals surface area (Å²) < 4.78 is 20.7. The molecule has 2 aromatic rings. The smallest absolute Gasteiger partial charge is 0.253 e. The van der Waals surface area contributed by atoms with E-state index >= 15 is 0 Å². The van der Waals surface area contributed by atoms with Gasteiger partial charge < -0.3 is 15.0 Å². The van der Waals surface area contributed by atoms with E-state index in [-0.39, 0.29) is 23.1 Å². The van der Waals surface area contributed by atoms with Crippen molar-refractivity contribution in [3.8, 4) is 11.5 Å². The van der Waals surface area contributed by atoms with Gasteiger partial charge in [0.2, 0.25) is 5.91 Å². The van der Waals surface area contributed by atoms with Crippen LogP contribution in [-0.4, -0.2) is 36.9 Å². The maximum Gasteiger partial charge on any atom is 0.253 e. The van der Waals surface area contributed by atoms with E-state index in [1.165, 1.54) is 30.0 Å². The standard InChI is InChI=1S/C19H20BrFN2O3/c1-13(24)22-10-3-11-23(2)19(25)14-4-9-18(17(21)12-14)26-16-7-5-15(20)6-8-16/h4-9,12H,3,10-11H2,1-2H3,(H,22,24). The van der Waals surface area contributed by atoms with Gasteiger partial charge in [-0.1, -0.05) is 15.9 Å². The van der Waals surface area contributed by atoms with Gasteiger partial charge in [-0.15, -0.1) is 0 Å². The number of ether oxygens (including phenoxy) is 1. The molecular formula is C19H20BrFN2O3. The highest BCUT2D eigenvalue weighted by Crippen LogP contribution is 2.26. The average molecular weight is 423 g/mol. The molecule has 0 fully saturated rings. The van der Waals surface area contributed by atoms with Crippen LogP contribution in [0.3, 0.4) is 0 Å². The van der Waals surface area contributed by atoms with Crippen molar-refractivity contribution in [1.82, 2.24) is 10.2 Å². The van der Waals surface area contributed by atoms with Gasteiger partial charge in [-0.25, -0.2) is 4.39 Å². The van der Waals surface area contributed by atoms with Gasteiger partial charge in [0.15, 0.2) is 11.6 Å². The van der Waals surface area contributed by atoms with E-state index in [0.717, 1.165) is 4.47 Å². The monoisotopic (exact) mass is 422 g/mol. The van der Waals surface area contributed by atoms with Crippen molar-refractivity contribution in [2.75, 3.05) is 20.1 Å². The third kappa shape index (κ3) is 5.84. The molecular weight excluding hydrogens is 403 g/mol. The predicted molar refractivity (Wildman–Crippen MR) is 101 cm³/mol. The Morgan fingerprint density at radius 2 is 1.88 bits per heavy atom. The molecule has 0 aliphatic carbocycles. The van der Waals surface area contributed by atoms with Crippen LogP contribution in [0.2, 0.25) is 0 Å². The zero-order valence-electron chi connectivity index (χ0n) is 14.6. The Hall–Kier alpha value is -2.41. The average Bonchev–Trinajstić information content (AvgIpc) is 2.61. The first kappa shape index (κ1) is 19.9. The van der Waals surface area contributed by atoms with Crippen molar-refractivity contribution in [3.63, 3.8) is 0 Å². The highest BCUT2D eigenvalue weighted by atomic mass is 79.9. The summed E-state index contributed by atoms with van der Waals surface area (Å²) in [6, 6.07) is 11.2. The first-order valence-electron chi connectivity index (χ1n) is 8.09. The highest BCUT2D eigenvalue weighted by Gasteiger charge is 2.15. The molecule has 138 valence electrons. The predicted octanol–water partition coefficient (Wildman–Crippen LogP) is 3.98. The van der Waals surface area contributed by atoms with E-state index in [1.807, 2.05) is 0 Å². The van der Waals surface area contributed by atoms with Crippen molar-refractivity contribution >= 4 is 27.7 Å². The quantitative estimate of drug-likeness (QED) is 0.686. The summed E-state index contributed by atoms with van der Waals surface area (Å²) in [5.41, 5.74) is 0.243. The van der Waals surface area contributed by atoms with Crippen molar-refractivity contribution in [1.29, 1.82) is 0 Å². The molecule has 0 aromatic heterocycles. The van der Waals surface area contributed by atoms with Crippen LogP contribution < -0.4 is 10.1 Å². The van der Waals surface area contributed by atoms with Crippen LogP contribution in [0, 0.1) is 5.82 Å². The molecule has 0 spiro atoms. The van der Waals surface area contributed by atoms with E-state index in [9.17, 15) is 14.0 Å². The molecule has 0 radical (unpaired) electrons. The summed E-state index contributed by atoms with van der Waals surface area (Å²) >= 11 is 3.32. The third-order valence-electron chi connectivity index (χ3n) is 3.61. The molecule has 0 heterocycles. The molecule has 2 aromatic carbocycles. The normalized spacial score (nSPS) is 10.3. The molecule has 0 saturated carbocycles. The van der Waals surface area contributed by atoms with Crippen LogP contribution in [0.1, 0.15) is 23.7 Å². The maximum atomic E-state index is 14.3. The number of carbonyl (C=O) groups excluding carboxylic acids is 2. The summed E-state index contributed by atoms with van der Waals surface area (Å²) in [7, 11) is 1.64. The summed E-state index contributed by atoms with van der Waals surface area (Å²) in [5, 5.41) is 2.67. The number of amides is 2. The molecule has 0 aliphatic rings. The number of rotatable bonds is 7. The van der Waals surface area contributed by atoms with Crippen LogP contribution in [0.4, 0.5) is 4.39 Å². The number of halogens is 2. The van der Waals surface area contributed by atoms with Gasteiger partial charge in [0, 0.05) is 37.1 Å². The van der Waals surface area contributed by atoms with Gasteiger partial charge >= 0.3 is 0 Å². The van der Waals surface area contributed by atoms with E-state index in [4.69, 9.17) is 4.74 Å². The summed E-state index contributed by atoms with van der Waals surface area (Å²) in [6.07, 6.45) is 0.620. The molecule has 7 heteroatoms. The summed E-state index contributed by atoms with van der Waals surface area (Å²) in [5.74, 6) is -0.451. The molecule has 1 N–H and O–H groups in total. The van der Waals surface area contributed by atoms with E-state index in [0.29, 0.717) is 25.3 Å². The number of hydrogen-bond acceptors (Lipinski definition) is 3. The Morgan fingerprint density at radius 1 is 1.19 bits per heavy atom.